The van der Waals surface area contributed by atoms with Crippen molar-refractivity contribution in [3.8, 4) is 56.9 Å². The second-order valence-electron chi connectivity index (χ2n) is 16.4. The summed E-state index contributed by atoms with van der Waals surface area (Å²) < 4.78 is 5.88. The summed E-state index contributed by atoms with van der Waals surface area (Å²) in [6.45, 7) is 3.63. The summed E-state index contributed by atoms with van der Waals surface area (Å²) in [5.41, 5.74) is 11.7. The highest BCUT2D eigenvalue weighted by atomic mass is 79.9. The first-order chi connectivity index (χ1) is 35.5. The Kier molecular flexibility index (Phi) is 16.4. The molecular formula is C64H48Br2N6. The van der Waals surface area contributed by atoms with Gasteiger partial charge in [0.2, 0.25) is 0 Å². The Morgan fingerprint density at radius 3 is 0.917 bits per heavy atom. The third kappa shape index (κ3) is 13.0. The van der Waals surface area contributed by atoms with Gasteiger partial charge in [-0.05, 0) is 76.3 Å². The van der Waals surface area contributed by atoms with Crippen molar-refractivity contribution in [1.29, 1.82) is 0 Å². The Bertz CT molecular complexity index is 3480. The van der Waals surface area contributed by atoms with Crippen LogP contribution in [0.3, 0.4) is 0 Å². The maximum absolute atomic E-state index is 4.99. The smallest absolute Gasteiger partial charge is 0.182 e. The Balaban J connectivity index is 0.000000164. The Hall–Kier alpha value is -8.56. The maximum atomic E-state index is 4.99. The van der Waals surface area contributed by atoms with Crippen LogP contribution < -0.4 is 0 Å². The quantitative estimate of drug-likeness (QED) is 0.121. The molecule has 0 radical (unpaired) electrons. The third-order valence-corrected chi connectivity index (χ3v) is 12.4. The van der Waals surface area contributed by atoms with Gasteiger partial charge in [0.1, 0.15) is 0 Å². The van der Waals surface area contributed by atoms with Gasteiger partial charge in [0, 0.05) is 31.2 Å². The minimum absolute atomic E-state index is 0.695. The summed E-state index contributed by atoms with van der Waals surface area (Å²) in [5, 5.41) is 9.68. The normalized spacial score (nSPS) is 10.9. The topological polar surface area (TPSA) is 61.4 Å². The Morgan fingerprint density at radius 1 is 0.306 bits per heavy atom. The first-order valence-electron chi connectivity index (χ1n) is 23.4. The summed E-state index contributed by atoms with van der Waals surface area (Å²) >= 11 is 6.95. The molecule has 0 bridgehead atoms. The van der Waals surface area contributed by atoms with E-state index in [4.69, 9.17) is 20.2 Å². The first-order valence-corrected chi connectivity index (χ1v) is 25.0. The second-order valence-corrected chi connectivity index (χ2v) is 18.2. The minimum Gasteiger partial charge on any atom is -0.213 e. The van der Waals surface area contributed by atoms with Crippen LogP contribution in [0.5, 0.6) is 0 Å². The molecule has 0 aliphatic carbocycles. The zero-order chi connectivity index (χ0) is 49.3. The standard InChI is InChI=1S/C36H27N3.C20H13Br2N3.C8H8/c1-4-10-28(11-5-1)16-18-30-20-24-32(25-21-30)35-37-36(39(38-35)34-14-8-3-9-15-34)33-26-22-31(23-27-33)19-17-29-12-6-2-7-13-29;21-16-10-6-14(7-11-16)19-23-20(15-8-12-17(22)13-9-15)25(24-19)18-4-2-1-3-5-18;1-2-8-6-4-3-5-7-8/h1-27H;1-13H;2-7H,1H2/b18-16+,19-17+;;. The Morgan fingerprint density at radius 2 is 0.583 bits per heavy atom. The number of hydrogen-bond acceptors (Lipinski definition) is 4. The van der Waals surface area contributed by atoms with Gasteiger partial charge in [-0.25, -0.2) is 19.3 Å². The van der Waals surface area contributed by atoms with Crippen LogP contribution in [0.25, 0.3) is 87.3 Å². The van der Waals surface area contributed by atoms with Gasteiger partial charge in [0.15, 0.2) is 23.3 Å². The SMILES string of the molecule is Brc1ccc(-c2nc(-c3ccc(Br)cc3)n(-c3ccccc3)n2)cc1.C(=C\c1ccc(-c2nc(-c3ccc(/C=C/c4ccccc4)cc3)n(-c3ccccc3)n2)cc1)/c1ccccc1.C=Cc1ccccc1. The molecule has 0 N–H and O–H groups in total. The van der Waals surface area contributed by atoms with Crippen LogP contribution in [0.2, 0.25) is 0 Å². The zero-order valence-corrected chi connectivity index (χ0v) is 42.4. The summed E-state index contributed by atoms with van der Waals surface area (Å²) in [7, 11) is 0. The van der Waals surface area contributed by atoms with E-state index in [9.17, 15) is 0 Å². The van der Waals surface area contributed by atoms with Crippen LogP contribution >= 0.6 is 31.9 Å². The summed E-state index contributed by atoms with van der Waals surface area (Å²) in [6, 6.07) is 83.8. The van der Waals surface area contributed by atoms with Crippen molar-refractivity contribution < 1.29 is 0 Å². The molecule has 0 spiro atoms. The van der Waals surface area contributed by atoms with Crippen molar-refractivity contribution in [3.05, 3.63) is 292 Å². The molecule has 0 atom stereocenters. The average molecular weight is 1060 g/mol. The zero-order valence-electron chi connectivity index (χ0n) is 39.2. The average Bonchev–Trinajstić information content (AvgIpc) is 4.11. The van der Waals surface area contributed by atoms with Gasteiger partial charge in [-0.1, -0.05) is 269 Å². The molecule has 8 heteroatoms. The molecule has 11 rings (SSSR count). The molecule has 2 heterocycles. The third-order valence-electron chi connectivity index (χ3n) is 11.3. The molecule has 9 aromatic carbocycles. The number of halogens is 2. The van der Waals surface area contributed by atoms with E-state index in [1.54, 1.807) is 0 Å². The van der Waals surface area contributed by atoms with E-state index in [1.807, 2.05) is 179 Å². The lowest BCUT2D eigenvalue weighted by Crippen LogP contribution is -1.99. The van der Waals surface area contributed by atoms with Crippen molar-refractivity contribution >= 4 is 62.2 Å². The van der Waals surface area contributed by atoms with Gasteiger partial charge in [-0.15, -0.1) is 10.2 Å². The maximum Gasteiger partial charge on any atom is 0.182 e. The molecule has 0 aliphatic heterocycles. The summed E-state index contributed by atoms with van der Waals surface area (Å²) in [4.78, 5) is 9.80. The van der Waals surface area contributed by atoms with Gasteiger partial charge in [-0.3, -0.25) is 0 Å². The van der Waals surface area contributed by atoms with Gasteiger partial charge in [-0.2, -0.15) is 0 Å². The summed E-state index contributed by atoms with van der Waals surface area (Å²) in [6.07, 6.45) is 10.3. The van der Waals surface area contributed by atoms with Crippen LogP contribution in [-0.4, -0.2) is 29.5 Å². The van der Waals surface area contributed by atoms with Gasteiger partial charge < -0.3 is 0 Å². The highest BCUT2D eigenvalue weighted by molar-refractivity contribution is 9.10. The molecule has 0 aliphatic rings. The Labute approximate surface area is 438 Å². The molecule has 0 saturated heterocycles. The first kappa shape index (κ1) is 48.5. The molecule has 2 aromatic heterocycles. The monoisotopic (exact) mass is 1060 g/mol. The molecule has 6 nitrogen and oxygen atoms in total. The fraction of sp³-hybridized carbons (Fsp3) is 0. The number of rotatable bonds is 11. The van der Waals surface area contributed by atoms with Crippen molar-refractivity contribution in [2.24, 2.45) is 0 Å². The van der Waals surface area contributed by atoms with Crippen LogP contribution in [0.4, 0.5) is 0 Å². The van der Waals surface area contributed by atoms with Crippen LogP contribution in [0, 0.1) is 0 Å². The largest absolute Gasteiger partial charge is 0.213 e. The van der Waals surface area contributed by atoms with Gasteiger partial charge in [0.05, 0.1) is 11.4 Å². The molecule has 348 valence electrons. The fourth-order valence-corrected chi connectivity index (χ4v) is 8.06. The van der Waals surface area contributed by atoms with E-state index in [0.29, 0.717) is 11.6 Å². The van der Waals surface area contributed by atoms with Crippen LogP contribution in [0.1, 0.15) is 27.8 Å². The van der Waals surface area contributed by atoms with Crippen LogP contribution in [-0.2, 0) is 0 Å². The van der Waals surface area contributed by atoms with Gasteiger partial charge in [0.25, 0.3) is 0 Å². The molecule has 0 fully saturated rings. The lowest BCUT2D eigenvalue weighted by Gasteiger charge is -2.06. The lowest BCUT2D eigenvalue weighted by atomic mass is 10.1. The minimum atomic E-state index is 0.695. The van der Waals surface area contributed by atoms with Gasteiger partial charge >= 0.3 is 0 Å². The van der Waals surface area contributed by atoms with E-state index in [0.717, 1.165) is 65.3 Å². The predicted molar refractivity (Wildman–Crippen MR) is 307 cm³/mol. The second kappa shape index (κ2) is 24.3. The van der Waals surface area contributed by atoms with E-state index < -0.39 is 0 Å². The predicted octanol–water partition coefficient (Wildman–Crippen LogP) is 17.4. The molecule has 0 unspecified atom stereocenters. The number of benzene rings is 9. The van der Waals surface area contributed by atoms with E-state index in [2.05, 4.69) is 148 Å². The van der Waals surface area contributed by atoms with E-state index >= 15 is 0 Å². The highest BCUT2D eigenvalue weighted by Crippen LogP contribution is 2.29. The van der Waals surface area contributed by atoms with Crippen molar-refractivity contribution in [2.45, 2.75) is 0 Å². The fourth-order valence-electron chi connectivity index (χ4n) is 7.53. The molecule has 11 aromatic rings. The summed E-state index contributed by atoms with van der Waals surface area (Å²) in [5.74, 6) is 3.02. The van der Waals surface area contributed by atoms with E-state index in [1.165, 1.54) is 16.7 Å². The van der Waals surface area contributed by atoms with Crippen molar-refractivity contribution in [1.82, 2.24) is 29.5 Å². The number of nitrogens with zero attached hydrogens (tertiary/aromatic N) is 6. The number of hydrogen-bond donors (Lipinski definition) is 0. The number of aromatic nitrogens is 6. The molecule has 0 amide bonds. The van der Waals surface area contributed by atoms with Crippen molar-refractivity contribution in [2.75, 3.05) is 0 Å². The lowest BCUT2D eigenvalue weighted by molar-refractivity contribution is 0.890. The number of para-hydroxylation sites is 2. The van der Waals surface area contributed by atoms with Crippen LogP contribution in [0.15, 0.2) is 264 Å². The van der Waals surface area contributed by atoms with Crippen molar-refractivity contribution in [3.63, 3.8) is 0 Å². The molecule has 72 heavy (non-hydrogen) atoms. The van der Waals surface area contributed by atoms with E-state index in [-0.39, 0.29) is 0 Å². The molecular weight excluding hydrogens is 1010 g/mol. The molecule has 0 saturated carbocycles. The highest BCUT2D eigenvalue weighted by Gasteiger charge is 2.17.